The van der Waals surface area contributed by atoms with Crippen LogP contribution in [0.5, 0.6) is 0 Å². The first-order valence-electron chi connectivity index (χ1n) is 6.11. The van der Waals surface area contributed by atoms with E-state index in [0.717, 1.165) is 37.5 Å². The molecule has 1 saturated heterocycles. The van der Waals surface area contributed by atoms with Crippen LogP contribution in [0, 0.1) is 0 Å². The van der Waals surface area contributed by atoms with Crippen LogP contribution < -0.4 is 4.90 Å². The molecule has 5 heteroatoms. The van der Waals surface area contributed by atoms with Gasteiger partial charge in [0.1, 0.15) is 5.82 Å². The molecule has 1 aromatic rings. The van der Waals surface area contributed by atoms with E-state index >= 15 is 0 Å². The topological polar surface area (TPSA) is 46.1 Å². The SMILES string of the molecule is CCC1(CC)CN(c2cnccn2)CCS1=O. The Hall–Kier alpha value is -0.970. The summed E-state index contributed by atoms with van der Waals surface area (Å²) in [5.74, 6) is 1.63. The van der Waals surface area contributed by atoms with Gasteiger partial charge in [0.15, 0.2) is 0 Å². The second-order valence-electron chi connectivity index (χ2n) is 4.42. The van der Waals surface area contributed by atoms with E-state index in [9.17, 15) is 4.21 Å². The molecular formula is C12H19N3OS. The van der Waals surface area contributed by atoms with E-state index in [2.05, 4.69) is 28.7 Å². The average molecular weight is 253 g/mol. The van der Waals surface area contributed by atoms with Gasteiger partial charge in [-0.1, -0.05) is 13.8 Å². The Morgan fingerprint density at radius 3 is 2.76 bits per heavy atom. The van der Waals surface area contributed by atoms with Crippen LogP contribution in [0.2, 0.25) is 0 Å². The lowest BCUT2D eigenvalue weighted by Gasteiger charge is -2.41. The predicted octanol–water partition coefficient (Wildman–Crippen LogP) is 1.60. The molecule has 2 rings (SSSR count). The average Bonchev–Trinajstić information content (AvgIpc) is 2.41. The van der Waals surface area contributed by atoms with Crippen LogP contribution in [0.25, 0.3) is 0 Å². The van der Waals surface area contributed by atoms with Crippen molar-refractivity contribution in [3.8, 4) is 0 Å². The zero-order valence-electron chi connectivity index (χ0n) is 10.4. The molecule has 0 spiro atoms. The minimum Gasteiger partial charge on any atom is -0.353 e. The van der Waals surface area contributed by atoms with Crippen LogP contribution >= 0.6 is 0 Å². The number of rotatable bonds is 3. The van der Waals surface area contributed by atoms with Gasteiger partial charge in [0.2, 0.25) is 0 Å². The fourth-order valence-electron chi connectivity index (χ4n) is 2.35. The lowest BCUT2D eigenvalue weighted by Crippen LogP contribution is -2.53. The van der Waals surface area contributed by atoms with Crippen molar-refractivity contribution < 1.29 is 4.21 Å². The zero-order valence-corrected chi connectivity index (χ0v) is 11.2. The summed E-state index contributed by atoms with van der Waals surface area (Å²) < 4.78 is 12.1. The minimum atomic E-state index is -0.721. The van der Waals surface area contributed by atoms with Crippen molar-refractivity contribution in [2.75, 3.05) is 23.7 Å². The Morgan fingerprint density at radius 2 is 2.18 bits per heavy atom. The quantitative estimate of drug-likeness (QED) is 0.821. The Bertz CT molecular complexity index is 392. The van der Waals surface area contributed by atoms with Gasteiger partial charge >= 0.3 is 0 Å². The highest BCUT2D eigenvalue weighted by molar-refractivity contribution is 7.86. The second kappa shape index (κ2) is 5.12. The van der Waals surface area contributed by atoms with Gasteiger partial charge in [-0.3, -0.25) is 9.19 Å². The van der Waals surface area contributed by atoms with E-state index in [-0.39, 0.29) is 4.75 Å². The van der Waals surface area contributed by atoms with Crippen LogP contribution in [-0.2, 0) is 10.8 Å². The molecule has 0 N–H and O–H groups in total. The Morgan fingerprint density at radius 1 is 1.41 bits per heavy atom. The maximum Gasteiger partial charge on any atom is 0.147 e. The molecule has 94 valence electrons. The largest absolute Gasteiger partial charge is 0.353 e. The van der Waals surface area contributed by atoms with Crippen molar-refractivity contribution in [3.63, 3.8) is 0 Å². The molecule has 1 aromatic heterocycles. The Balaban J connectivity index is 2.21. The van der Waals surface area contributed by atoms with Crippen LogP contribution in [0.15, 0.2) is 18.6 Å². The van der Waals surface area contributed by atoms with Crippen molar-refractivity contribution in [1.29, 1.82) is 0 Å². The third-order valence-corrected chi connectivity index (χ3v) is 5.90. The molecule has 1 fully saturated rings. The van der Waals surface area contributed by atoms with E-state index < -0.39 is 10.8 Å². The Kier molecular flexibility index (Phi) is 3.76. The van der Waals surface area contributed by atoms with Crippen molar-refractivity contribution in [2.45, 2.75) is 31.4 Å². The van der Waals surface area contributed by atoms with Crippen molar-refractivity contribution in [2.24, 2.45) is 0 Å². The van der Waals surface area contributed by atoms with Gasteiger partial charge in [-0.25, -0.2) is 4.98 Å². The molecule has 1 aliphatic rings. The minimum absolute atomic E-state index is 0.0736. The summed E-state index contributed by atoms with van der Waals surface area (Å²) in [6, 6.07) is 0. The number of nitrogens with zero attached hydrogens (tertiary/aromatic N) is 3. The van der Waals surface area contributed by atoms with Gasteiger partial charge in [0, 0.05) is 42.0 Å². The highest BCUT2D eigenvalue weighted by atomic mass is 32.2. The molecular weight excluding hydrogens is 234 g/mol. The molecule has 0 radical (unpaired) electrons. The normalized spacial score (nSPS) is 23.6. The summed E-state index contributed by atoms with van der Waals surface area (Å²) >= 11 is 0. The highest BCUT2D eigenvalue weighted by Crippen LogP contribution is 2.30. The molecule has 0 aliphatic carbocycles. The number of aromatic nitrogens is 2. The predicted molar refractivity (Wildman–Crippen MR) is 70.6 cm³/mol. The standard InChI is InChI=1S/C12H19N3OS/c1-3-12(4-2)10-15(7-8-17(12)16)11-9-13-5-6-14-11/h5-6,9H,3-4,7-8,10H2,1-2H3. The molecule has 0 saturated carbocycles. The van der Waals surface area contributed by atoms with Crippen LogP contribution in [0.4, 0.5) is 5.82 Å². The van der Waals surface area contributed by atoms with Crippen LogP contribution in [-0.4, -0.2) is 37.8 Å². The van der Waals surface area contributed by atoms with Gasteiger partial charge in [-0.2, -0.15) is 0 Å². The molecule has 4 nitrogen and oxygen atoms in total. The first kappa shape index (κ1) is 12.5. The van der Waals surface area contributed by atoms with Crippen molar-refractivity contribution in [3.05, 3.63) is 18.6 Å². The molecule has 0 aromatic carbocycles. The first-order valence-corrected chi connectivity index (χ1v) is 7.43. The van der Waals surface area contributed by atoms with E-state index in [0.29, 0.717) is 0 Å². The van der Waals surface area contributed by atoms with Gasteiger partial charge in [-0.05, 0) is 12.8 Å². The number of anilines is 1. The van der Waals surface area contributed by atoms with Gasteiger partial charge in [0.25, 0.3) is 0 Å². The van der Waals surface area contributed by atoms with E-state index in [1.165, 1.54) is 0 Å². The highest BCUT2D eigenvalue weighted by Gasteiger charge is 2.39. The summed E-state index contributed by atoms with van der Waals surface area (Å²) in [6.45, 7) is 5.89. The smallest absolute Gasteiger partial charge is 0.147 e. The molecule has 1 aliphatic heterocycles. The van der Waals surface area contributed by atoms with Crippen LogP contribution in [0.1, 0.15) is 26.7 Å². The first-order chi connectivity index (χ1) is 8.22. The van der Waals surface area contributed by atoms with Gasteiger partial charge in [-0.15, -0.1) is 0 Å². The summed E-state index contributed by atoms with van der Waals surface area (Å²) in [4.78, 5) is 10.6. The van der Waals surface area contributed by atoms with Crippen molar-refractivity contribution >= 4 is 16.6 Å². The summed E-state index contributed by atoms with van der Waals surface area (Å²) in [7, 11) is -0.721. The lowest BCUT2D eigenvalue weighted by atomic mass is 10.0. The molecule has 1 atom stereocenters. The van der Waals surface area contributed by atoms with Gasteiger partial charge in [0.05, 0.1) is 10.9 Å². The summed E-state index contributed by atoms with van der Waals surface area (Å²) in [5.41, 5.74) is 0. The van der Waals surface area contributed by atoms with Gasteiger partial charge < -0.3 is 4.90 Å². The third-order valence-electron chi connectivity index (χ3n) is 3.67. The maximum atomic E-state index is 12.2. The molecule has 1 unspecified atom stereocenters. The fourth-order valence-corrected chi connectivity index (χ4v) is 4.12. The van der Waals surface area contributed by atoms with Crippen molar-refractivity contribution in [1.82, 2.24) is 9.97 Å². The molecule has 0 bridgehead atoms. The van der Waals surface area contributed by atoms with Crippen LogP contribution in [0.3, 0.4) is 0 Å². The lowest BCUT2D eigenvalue weighted by molar-refractivity contribution is 0.494. The molecule has 0 amide bonds. The third kappa shape index (κ3) is 2.34. The Labute approximate surface area is 105 Å². The second-order valence-corrected chi connectivity index (χ2v) is 6.39. The maximum absolute atomic E-state index is 12.2. The summed E-state index contributed by atoms with van der Waals surface area (Å²) in [6.07, 6.45) is 7.07. The number of hydrogen-bond donors (Lipinski definition) is 0. The number of hydrogen-bond acceptors (Lipinski definition) is 4. The molecule has 2 heterocycles. The van der Waals surface area contributed by atoms with E-state index in [1.807, 2.05) is 0 Å². The monoisotopic (exact) mass is 253 g/mol. The summed E-state index contributed by atoms with van der Waals surface area (Å²) in [5, 5.41) is 0. The molecule has 17 heavy (non-hydrogen) atoms. The van der Waals surface area contributed by atoms with E-state index in [4.69, 9.17) is 0 Å². The zero-order chi connectivity index (χ0) is 12.3. The fraction of sp³-hybridized carbons (Fsp3) is 0.667. The van der Waals surface area contributed by atoms with E-state index in [1.54, 1.807) is 18.6 Å².